The predicted octanol–water partition coefficient (Wildman–Crippen LogP) is 0.578. The van der Waals surface area contributed by atoms with Gasteiger partial charge in [-0.05, 0) is 29.7 Å². The molecule has 4 rings (SSSR count). The SMILES string of the molecule is CS(=O)(=O)N1CCc2c(cncc2C(=O)n2c(=O)oc3c(N)cccc32)C1. The smallest absolute Gasteiger partial charge is 0.405 e. The summed E-state index contributed by atoms with van der Waals surface area (Å²) in [6.07, 6.45) is 4.41. The molecule has 0 fully saturated rings. The van der Waals surface area contributed by atoms with Crippen molar-refractivity contribution < 1.29 is 17.6 Å². The van der Waals surface area contributed by atoms with Gasteiger partial charge in [-0.1, -0.05) is 6.07 Å². The first-order valence-electron chi connectivity index (χ1n) is 8.13. The monoisotopic (exact) mass is 388 g/mol. The summed E-state index contributed by atoms with van der Waals surface area (Å²) in [6, 6.07) is 4.77. The molecule has 3 heterocycles. The van der Waals surface area contributed by atoms with E-state index in [0.717, 1.165) is 10.8 Å². The van der Waals surface area contributed by atoms with E-state index in [0.29, 0.717) is 17.5 Å². The molecule has 1 aliphatic rings. The van der Waals surface area contributed by atoms with Gasteiger partial charge in [0.25, 0.3) is 5.91 Å². The Bertz CT molecular complexity index is 1240. The summed E-state index contributed by atoms with van der Waals surface area (Å²) in [5.41, 5.74) is 8.05. The van der Waals surface area contributed by atoms with Crippen LogP contribution in [0.4, 0.5) is 5.69 Å². The van der Waals surface area contributed by atoms with Gasteiger partial charge in [-0.15, -0.1) is 0 Å². The molecule has 2 aromatic heterocycles. The third kappa shape index (κ3) is 2.82. The van der Waals surface area contributed by atoms with E-state index in [9.17, 15) is 18.0 Å². The number of rotatable bonds is 2. The minimum Gasteiger partial charge on any atom is -0.405 e. The van der Waals surface area contributed by atoms with Gasteiger partial charge in [-0.3, -0.25) is 9.78 Å². The van der Waals surface area contributed by atoms with Crippen molar-refractivity contribution in [3.8, 4) is 0 Å². The second-order valence-corrected chi connectivity index (χ2v) is 8.36. The van der Waals surface area contributed by atoms with Gasteiger partial charge in [0.05, 0.1) is 17.5 Å². The number of carbonyl (C=O) groups excluding carboxylic acids is 1. The lowest BCUT2D eigenvalue weighted by molar-refractivity contribution is 0.0954. The molecule has 0 spiro atoms. The Morgan fingerprint density at radius 1 is 1.30 bits per heavy atom. The molecule has 27 heavy (non-hydrogen) atoms. The Balaban J connectivity index is 1.83. The topological polar surface area (TPSA) is 128 Å². The average Bonchev–Trinajstić information content (AvgIpc) is 2.97. The number of nitrogen functional groups attached to an aromatic ring is 1. The summed E-state index contributed by atoms with van der Waals surface area (Å²) in [7, 11) is -3.35. The van der Waals surface area contributed by atoms with E-state index in [1.54, 1.807) is 18.2 Å². The van der Waals surface area contributed by atoms with Crippen LogP contribution in [0.25, 0.3) is 11.1 Å². The number of nitrogens with zero attached hydrogens (tertiary/aromatic N) is 3. The van der Waals surface area contributed by atoms with E-state index in [-0.39, 0.29) is 35.4 Å². The third-order valence-corrected chi connectivity index (χ3v) is 5.89. The van der Waals surface area contributed by atoms with Gasteiger partial charge in [0.1, 0.15) is 5.52 Å². The van der Waals surface area contributed by atoms with Crippen molar-refractivity contribution in [1.82, 2.24) is 13.9 Å². The van der Waals surface area contributed by atoms with E-state index in [2.05, 4.69) is 4.98 Å². The first-order chi connectivity index (χ1) is 12.8. The number of hydrogen-bond acceptors (Lipinski definition) is 7. The summed E-state index contributed by atoms with van der Waals surface area (Å²) in [5, 5.41) is 0. The highest BCUT2D eigenvalue weighted by molar-refractivity contribution is 7.88. The molecule has 0 atom stereocenters. The lowest BCUT2D eigenvalue weighted by Crippen LogP contribution is -2.36. The molecule has 0 unspecified atom stereocenters. The Morgan fingerprint density at radius 2 is 2.07 bits per heavy atom. The second-order valence-electron chi connectivity index (χ2n) is 6.38. The minimum atomic E-state index is -3.35. The van der Waals surface area contributed by atoms with Gasteiger partial charge in [0.2, 0.25) is 10.0 Å². The Hall–Kier alpha value is -2.98. The van der Waals surface area contributed by atoms with Crippen molar-refractivity contribution in [1.29, 1.82) is 0 Å². The number of sulfonamides is 1. The van der Waals surface area contributed by atoms with Gasteiger partial charge in [0, 0.05) is 25.5 Å². The van der Waals surface area contributed by atoms with E-state index < -0.39 is 21.7 Å². The van der Waals surface area contributed by atoms with Crippen LogP contribution in [0.15, 0.2) is 39.8 Å². The number of hydrogen-bond donors (Lipinski definition) is 1. The molecule has 0 saturated heterocycles. The van der Waals surface area contributed by atoms with Crippen molar-refractivity contribution in [3.63, 3.8) is 0 Å². The van der Waals surface area contributed by atoms with Crippen LogP contribution in [0, 0.1) is 0 Å². The quantitative estimate of drug-likeness (QED) is 0.636. The number of nitrogens with two attached hydrogens (primary N) is 1. The van der Waals surface area contributed by atoms with E-state index in [1.165, 1.54) is 16.7 Å². The average molecular weight is 388 g/mol. The van der Waals surface area contributed by atoms with Crippen molar-refractivity contribution in [2.24, 2.45) is 0 Å². The summed E-state index contributed by atoms with van der Waals surface area (Å²) in [6.45, 7) is 0.389. The summed E-state index contributed by atoms with van der Waals surface area (Å²) in [5.74, 6) is -1.42. The van der Waals surface area contributed by atoms with Crippen molar-refractivity contribution in [2.75, 3.05) is 18.5 Å². The molecular weight excluding hydrogens is 372 g/mol. The number of fused-ring (bicyclic) bond motifs is 2. The second kappa shape index (κ2) is 6.03. The highest BCUT2D eigenvalue weighted by Crippen LogP contribution is 2.25. The number of benzene rings is 1. The van der Waals surface area contributed by atoms with E-state index in [1.807, 2.05) is 0 Å². The number of carbonyl (C=O) groups is 1. The number of para-hydroxylation sites is 1. The van der Waals surface area contributed by atoms with Gasteiger partial charge >= 0.3 is 5.76 Å². The maximum absolute atomic E-state index is 13.1. The van der Waals surface area contributed by atoms with Crippen LogP contribution in [0.3, 0.4) is 0 Å². The zero-order valence-electron chi connectivity index (χ0n) is 14.4. The van der Waals surface area contributed by atoms with Crippen LogP contribution in [0.5, 0.6) is 0 Å². The van der Waals surface area contributed by atoms with Gasteiger partial charge in [-0.25, -0.2) is 17.8 Å². The zero-order chi connectivity index (χ0) is 19.3. The van der Waals surface area contributed by atoms with Crippen LogP contribution in [-0.4, -0.2) is 41.0 Å². The van der Waals surface area contributed by atoms with Gasteiger partial charge < -0.3 is 10.2 Å². The third-order valence-electron chi connectivity index (χ3n) is 4.64. The first kappa shape index (κ1) is 17.4. The van der Waals surface area contributed by atoms with Crippen LogP contribution < -0.4 is 11.5 Å². The van der Waals surface area contributed by atoms with Gasteiger partial charge in [-0.2, -0.15) is 4.31 Å². The zero-order valence-corrected chi connectivity index (χ0v) is 15.2. The molecular formula is C17H16N4O5S. The van der Waals surface area contributed by atoms with Crippen LogP contribution >= 0.6 is 0 Å². The molecule has 9 nitrogen and oxygen atoms in total. The molecule has 3 aromatic rings. The standard InChI is InChI=1S/C17H16N4O5S/c1-27(24,25)20-6-5-11-10(9-20)7-19-8-12(11)16(22)21-14-4-2-3-13(18)15(14)26-17(21)23/h2-4,7-8H,5-6,9,18H2,1H3. The molecule has 0 radical (unpaired) electrons. The Kier molecular flexibility index (Phi) is 3.89. The van der Waals surface area contributed by atoms with Crippen LogP contribution in [-0.2, 0) is 23.0 Å². The highest BCUT2D eigenvalue weighted by atomic mass is 32.2. The molecule has 0 aliphatic carbocycles. The summed E-state index contributed by atoms with van der Waals surface area (Å²) >= 11 is 0. The molecule has 140 valence electrons. The maximum atomic E-state index is 13.1. The van der Waals surface area contributed by atoms with Crippen LogP contribution in [0.1, 0.15) is 21.5 Å². The molecule has 10 heteroatoms. The Morgan fingerprint density at radius 3 is 2.81 bits per heavy atom. The highest BCUT2D eigenvalue weighted by Gasteiger charge is 2.28. The maximum Gasteiger partial charge on any atom is 0.427 e. The molecule has 0 amide bonds. The predicted molar refractivity (Wildman–Crippen MR) is 97.8 cm³/mol. The van der Waals surface area contributed by atoms with Gasteiger partial charge in [0.15, 0.2) is 5.58 Å². The van der Waals surface area contributed by atoms with E-state index in [4.69, 9.17) is 10.2 Å². The minimum absolute atomic E-state index is 0.135. The lowest BCUT2D eigenvalue weighted by Gasteiger charge is -2.27. The molecule has 0 saturated carbocycles. The molecule has 1 aromatic carbocycles. The first-order valence-corrected chi connectivity index (χ1v) is 9.98. The van der Waals surface area contributed by atoms with Crippen molar-refractivity contribution in [3.05, 3.63) is 57.8 Å². The lowest BCUT2D eigenvalue weighted by atomic mass is 9.98. The van der Waals surface area contributed by atoms with Crippen LogP contribution in [0.2, 0.25) is 0 Å². The van der Waals surface area contributed by atoms with Crippen molar-refractivity contribution >= 4 is 32.7 Å². The Labute approximate surface area is 154 Å². The van der Waals surface area contributed by atoms with E-state index >= 15 is 0 Å². The largest absolute Gasteiger partial charge is 0.427 e. The summed E-state index contributed by atoms with van der Waals surface area (Å²) < 4.78 is 31.0. The fraction of sp³-hybridized carbons (Fsp3) is 0.235. The number of anilines is 1. The normalized spacial score (nSPS) is 15.0. The number of aromatic nitrogens is 2. The fourth-order valence-corrected chi connectivity index (χ4v) is 4.11. The molecule has 2 N–H and O–H groups in total. The molecule has 0 bridgehead atoms. The van der Waals surface area contributed by atoms with Crippen molar-refractivity contribution in [2.45, 2.75) is 13.0 Å². The number of oxazole rings is 1. The fourth-order valence-electron chi connectivity index (χ4n) is 3.31. The number of pyridine rings is 1. The summed E-state index contributed by atoms with van der Waals surface area (Å²) in [4.78, 5) is 29.4. The molecule has 1 aliphatic heterocycles.